The predicted molar refractivity (Wildman–Crippen MR) is 83.2 cm³/mol. The number of nitro groups is 1. The summed E-state index contributed by atoms with van der Waals surface area (Å²) in [5.74, 6) is -2.33. The highest BCUT2D eigenvalue weighted by molar-refractivity contribution is 5.95. The van der Waals surface area contributed by atoms with Crippen LogP contribution in [0.25, 0.3) is 0 Å². The Balaban J connectivity index is 2.20. The highest BCUT2D eigenvalue weighted by Crippen LogP contribution is 2.35. The number of benzene rings is 2. The Bertz CT molecular complexity index is 839. The number of nitrogens with zero attached hydrogens (tertiary/aromatic N) is 1. The van der Waals surface area contributed by atoms with Crippen molar-refractivity contribution < 1.29 is 32.0 Å². The predicted octanol–water partition coefficient (Wildman–Crippen LogP) is 4.16. The van der Waals surface area contributed by atoms with Crippen LogP contribution in [0, 0.1) is 15.9 Å². The van der Waals surface area contributed by atoms with Crippen molar-refractivity contribution in [3.05, 3.63) is 64.0 Å². The molecule has 10 heteroatoms. The summed E-state index contributed by atoms with van der Waals surface area (Å²) in [5, 5.41) is 13.0. The van der Waals surface area contributed by atoms with E-state index in [0.29, 0.717) is 6.07 Å². The number of nitro benzene ring substituents is 1. The smallest absolute Gasteiger partial charge is 0.418 e. The number of amides is 1. The molecular formula is C16H12F4N2O4. The first kappa shape index (κ1) is 19.2. The van der Waals surface area contributed by atoms with Gasteiger partial charge in [-0.25, -0.2) is 4.39 Å². The van der Waals surface area contributed by atoms with Gasteiger partial charge in [0.1, 0.15) is 5.82 Å². The first-order chi connectivity index (χ1) is 12.1. The molecule has 2 aromatic rings. The Morgan fingerprint density at radius 3 is 2.50 bits per heavy atom. The third kappa shape index (κ3) is 4.47. The monoisotopic (exact) mass is 372 g/mol. The molecule has 2 aromatic carbocycles. The molecule has 0 aliphatic carbocycles. The minimum atomic E-state index is -4.69. The Morgan fingerprint density at radius 2 is 1.88 bits per heavy atom. The van der Waals surface area contributed by atoms with Crippen molar-refractivity contribution in [3.63, 3.8) is 0 Å². The van der Waals surface area contributed by atoms with Gasteiger partial charge < -0.3 is 10.1 Å². The molecule has 0 radical (unpaired) electrons. The SMILES string of the molecule is CC(Oc1cc(F)ccc1[N+](=O)[O-])C(=O)Nc1ccccc1C(F)(F)F. The van der Waals surface area contributed by atoms with E-state index < -0.39 is 51.6 Å². The number of alkyl halides is 3. The van der Waals surface area contributed by atoms with Gasteiger partial charge in [-0.05, 0) is 25.1 Å². The lowest BCUT2D eigenvalue weighted by molar-refractivity contribution is -0.386. The van der Waals surface area contributed by atoms with Crippen LogP contribution >= 0.6 is 0 Å². The summed E-state index contributed by atoms with van der Waals surface area (Å²) in [6, 6.07) is 6.72. The first-order valence-electron chi connectivity index (χ1n) is 7.17. The van der Waals surface area contributed by atoms with E-state index in [1.165, 1.54) is 13.0 Å². The third-order valence-corrected chi connectivity index (χ3v) is 3.28. The van der Waals surface area contributed by atoms with Crippen LogP contribution in [0.4, 0.5) is 28.9 Å². The fourth-order valence-corrected chi connectivity index (χ4v) is 2.05. The van der Waals surface area contributed by atoms with Gasteiger partial charge in [0.05, 0.1) is 16.2 Å². The molecule has 0 saturated heterocycles. The van der Waals surface area contributed by atoms with Crippen LogP contribution in [0.5, 0.6) is 5.75 Å². The number of anilines is 1. The van der Waals surface area contributed by atoms with Crippen molar-refractivity contribution in [1.82, 2.24) is 0 Å². The maximum absolute atomic E-state index is 13.3. The lowest BCUT2D eigenvalue weighted by atomic mass is 10.1. The number of rotatable bonds is 5. The number of carbonyl (C=O) groups is 1. The molecule has 138 valence electrons. The van der Waals surface area contributed by atoms with Gasteiger partial charge in [-0.3, -0.25) is 14.9 Å². The van der Waals surface area contributed by atoms with Gasteiger partial charge in [0.2, 0.25) is 5.75 Å². The van der Waals surface area contributed by atoms with Crippen LogP contribution in [0.2, 0.25) is 0 Å². The zero-order valence-corrected chi connectivity index (χ0v) is 13.2. The Labute approximate surface area is 144 Å². The average molecular weight is 372 g/mol. The van der Waals surface area contributed by atoms with Gasteiger partial charge in [0.15, 0.2) is 6.10 Å². The normalized spacial score (nSPS) is 12.3. The molecule has 0 fully saturated rings. The lowest BCUT2D eigenvalue weighted by Gasteiger charge is -2.17. The zero-order valence-electron chi connectivity index (χ0n) is 13.2. The molecule has 1 unspecified atom stereocenters. The highest BCUT2D eigenvalue weighted by Gasteiger charge is 2.34. The molecule has 0 saturated carbocycles. The second-order valence-electron chi connectivity index (χ2n) is 5.16. The average Bonchev–Trinajstić information content (AvgIpc) is 2.54. The molecule has 6 nitrogen and oxygen atoms in total. The lowest BCUT2D eigenvalue weighted by Crippen LogP contribution is -2.31. The van der Waals surface area contributed by atoms with Crippen LogP contribution in [-0.4, -0.2) is 16.9 Å². The number of halogens is 4. The molecule has 1 atom stereocenters. The second kappa shape index (κ2) is 7.38. The van der Waals surface area contributed by atoms with E-state index in [2.05, 4.69) is 5.32 Å². The van der Waals surface area contributed by atoms with Crippen molar-refractivity contribution in [1.29, 1.82) is 0 Å². The van der Waals surface area contributed by atoms with E-state index in [4.69, 9.17) is 4.74 Å². The molecular weight excluding hydrogens is 360 g/mol. The summed E-state index contributed by atoms with van der Waals surface area (Å²) in [7, 11) is 0. The fourth-order valence-electron chi connectivity index (χ4n) is 2.05. The largest absolute Gasteiger partial charge is 0.474 e. The van der Waals surface area contributed by atoms with E-state index in [0.717, 1.165) is 30.3 Å². The first-order valence-corrected chi connectivity index (χ1v) is 7.17. The third-order valence-electron chi connectivity index (χ3n) is 3.28. The summed E-state index contributed by atoms with van der Waals surface area (Å²) in [4.78, 5) is 22.2. The maximum atomic E-state index is 13.3. The molecule has 0 aliphatic heterocycles. The van der Waals surface area contributed by atoms with Gasteiger partial charge in [-0.1, -0.05) is 12.1 Å². The fraction of sp³-hybridized carbons (Fsp3) is 0.188. The van der Waals surface area contributed by atoms with Crippen LogP contribution in [0.15, 0.2) is 42.5 Å². The second-order valence-corrected chi connectivity index (χ2v) is 5.16. The molecule has 26 heavy (non-hydrogen) atoms. The van der Waals surface area contributed by atoms with Crippen LogP contribution in [-0.2, 0) is 11.0 Å². The zero-order chi connectivity index (χ0) is 19.5. The van der Waals surface area contributed by atoms with Crippen LogP contribution in [0.3, 0.4) is 0 Å². The number of hydrogen-bond acceptors (Lipinski definition) is 4. The maximum Gasteiger partial charge on any atom is 0.418 e. The summed E-state index contributed by atoms with van der Waals surface area (Å²) < 4.78 is 57.1. The van der Waals surface area contributed by atoms with Gasteiger partial charge in [0.25, 0.3) is 5.91 Å². The Morgan fingerprint density at radius 1 is 1.23 bits per heavy atom. The van der Waals surface area contributed by atoms with E-state index in [9.17, 15) is 32.5 Å². The van der Waals surface area contributed by atoms with Crippen LogP contribution < -0.4 is 10.1 Å². The number of nitrogens with one attached hydrogen (secondary N) is 1. The molecule has 0 heterocycles. The molecule has 2 rings (SSSR count). The standard InChI is InChI=1S/C16H12F4N2O4/c1-9(26-14-8-10(17)6-7-13(14)22(24)25)15(23)21-12-5-3-2-4-11(12)16(18,19)20/h2-9H,1H3,(H,21,23). The number of para-hydroxylation sites is 1. The van der Waals surface area contributed by atoms with Crippen molar-refractivity contribution >= 4 is 17.3 Å². The van der Waals surface area contributed by atoms with E-state index in [1.54, 1.807) is 0 Å². The summed E-state index contributed by atoms with van der Waals surface area (Å²) in [6.45, 7) is 1.17. The van der Waals surface area contributed by atoms with Gasteiger partial charge >= 0.3 is 11.9 Å². The molecule has 0 spiro atoms. The number of carbonyl (C=O) groups excluding carboxylic acids is 1. The number of hydrogen-bond donors (Lipinski definition) is 1. The molecule has 0 aromatic heterocycles. The van der Waals surface area contributed by atoms with Gasteiger partial charge in [-0.15, -0.1) is 0 Å². The summed E-state index contributed by atoms with van der Waals surface area (Å²) in [5.41, 5.74) is -2.13. The van der Waals surface area contributed by atoms with E-state index in [-0.39, 0.29) is 0 Å². The molecule has 1 amide bonds. The van der Waals surface area contributed by atoms with Crippen molar-refractivity contribution in [3.8, 4) is 5.75 Å². The number of ether oxygens (including phenoxy) is 1. The molecule has 0 bridgehead atoms. The van der Waals surface area contributed by atoms with Crippen molar-refractivity contribution in [2.24, 2.45) is 0 Å². The molecule has 0 aliphatic rings. The Hall–Kier alpha value is -3.17. The van der Waals surface area contributed by atoms with E-state index in [1.807, 2.05) is 0 Å². The van der Waals surface area contributed by atoms with Crippen molar-refractivity contribution in [2.45, 2.75) is 19.2 Å². The summed E-state index contributed by atoms with van der Waals surface area (Å²) in [6.07, 6.45) is -6.10. The minimum absolute atomic E-state index is 0.491. The van der Waals surface area contributed by atoms with Crippen molar-refractivity contribution in [2.75, 3.05) is 5.32 Å². The highest BCUT2D eigenvalue weighted by atomic mass is 19.4. The quantitative estimate of drug-likeness (QED) is 0.485. The Kier molecular flexibility index (Phi) is 5.44. The van der Waals surface area contributed by atoms with Crippen LogP contribution in [0.1, 0.15) is 12.5 Å². The van der Waals surface area contributed by atoms with Gasteiger partial charge in [-0.2, -0.15) is 13.2 Å². The van der Waals surface area contributed by atoms with Gasteiger partial charge in [0, 0.05) is 12.1 Å². The van der Waals surface area contributed by atoms with E-state index >= 15 is 0 Å². The summed E-state index contributed by atoms with van der Waals surface area (Å²) >= 11 is 0. The molecule has 1 N–H and O–H groups in total. The topological polar surface area (TPSA) is 81.5 Å². The minimum Gasteiger partial charge on any atom is -0.474 e.